The third kappa shape index (κ3) is 2.97. The summed E-state index contributed by atoms with van der Waals surface area (Å²) in [6.45, 7) is 5.37. The molecule has 1 saturated carbocycles. The van der Waals surface area contributed by atoms with Gasteiger partial charge >= 0.3 is 0 Å². The minimum Gasteiger partial charge on any atom is -0.353 e. The summed E-state index contributed by atoms with van der Waals surface area (Å²) in [5.41, 5.74) is 1.13. The Labute approximate surface area is 112 Å². The maximum Gasteiger partial charge on any atom is 0.132 e. The van der Waals surface area contributed by atoms with Gasteiger partial charge in [0.15, 0.2) is 0 Å². The highest BCUT2D eigenvalue weighted by atomic mass is 79.9. The van der Waals surface area contributed by atoms with Gasteiger partial charge in [-0.2, -0.15) is 0 Å². The Balaban J connectivity index is 2.19. The number of rotatable bonds is 5. The van der Waals surface area contributed by atoms with Crippen molar-refractivity contribution < 1.29 is 0 Å². The quantitative estimate of drug-likeness (QED) is 0.781. The summed E-state index contributed by atoms with van der Waals surface area (Å²) in [5, 5.41) is 0.991. The lowest BCUT2D eigenvalue weighted by molar-refractivity contribution is 0.389. The van der Waals surface area contributed by atoms with Gasteiger partial charge in [-0.3, -0.25) is 0 Å². The molecule has 0 radical (unpaired) electrons. The lowest BCUT2D eigenvalue weighted by atomic mass is 9.91. The van der Waals surface area contributed by atoms with Crippen LogP contribution >= 0.6 is 15.9 Å². The van der Waals surface area contributed by atoms with E-state index < -0.39 is 0 Å². The summed E-state index contributed by atoms with van der Waals surface area (Å²) < 4.78 is 0. The molecule has 0 amide bonds. The molecule has 0 bridgehead atoms. The second-order valence-corrected chi connectivity index (χ2v) is 5.72. The molecule has 1 heterocycles. The molecule has 1 aliphatic carbocycles. The van der Waals surface area contributed by atoms with E-state index in [1.54, 1.807) is 6.33 Å². The molecule has 1 aromatic heterocycles. The van der Waals surface area contributed by atoms with Crippen LogP contribution in [0.1, 0.15) is 44.7 Å². The SMILES string of the molecule is CC(C)c1cc(N(CCBr)C2CCC2)ncn1. The summed E-state index contributed by atoms with van der Waals surface area (Å²) in [4.78, 5) is 11.2. The first-order chi connectivity index (χ1) is 8.22. The molecule has 0 atom stereocenters. The molecule has 2 rings (SSSR count). The van der Waals surface area contributed by atoms with Crippen molar-refractivity contribution in [3.05, 3.63) is 18.1 Å². The highest BCUT2D eigenvalue weighted by Crippen LogP contribution is 2.29. The molecule has 0 aliphatic heterocycles. The van der Waals surface area contributed by atoms with Crippen molar-refractivity contribution in [2.45, 2.75) is 45.1 Å². The monoisotopic (exact) mass is 297 g/mol. The van der Waals surface area contributed by atoms with Crippen molar-refractivity contribution in [3.8, 4) is 0 Å². The van der Waals surface area contributed by atoms with Crippen LogP contribution in [0.15, 0.2) is 12.4 Å². The van der Waals surface area contributed by atoms with Gasteiger partial charge < -0.3 is 4.90 Å². The topological polar surface area (TPSA) is 29.0 Å². The number of nitrogens with zero attached hydrogens (tertiary/aromatic N) is 3. The maximum atomic E-state index is 4.44. The number of hydrogen-bond acceptors (Lipinski definition) is 3. The second-order valence-electron chi connectivity index (χ2n) is 4.92. The predicted octanol–water partition coefficient (Wildman–Crippen LogP) is 3.35. The average molecular weight is 298 g/mol. The van der Waals surface area contributed by atoms with Gasteiger partial charge in [0.2, 0.25) is 0 Å². The van der Waals surface area contributed by atoms with Crippen LogP contribution in [0.3, 0.4) is 0 Å². The molecule has 17 heavy (non-hydrogen) atoms. The second kappa shape index (κ2) is 5.80. The van der Waals surface area contributed by atoms with Gasteiger partial charge in [-0.1, -0.05) is 29.8 Å². The minimum atomic E-state index is 0.462. The molecule has 0 saturated heterocycles. The molecule has 1 aliphatic rings. The van der Waals surface area contributed by atoms with Gasteiger partial charge in [0.25, 0.3) is 0 Å². The van der Waals surface area contributed by atoms with E-state index in [9.17, 15) is 0 Å². The first-order valence-corrected chi connectivity index (χ1v) is 7.49. The zero-order valence-electron chi connectivity index (χ0n) is 10.6. The fourth-order valence-corrected chi connectivity index (χ4v) is 2.49. The lowest BCUT2D eigenvalue weighted by Gasteiger charge is -2.38. The summed E-state index contributed by atoms with van der Waals surface area (Å²) in [5.74, 6) is 1.55. The maximum absolute atomic E-state index is 4.44. The van der Waals surface area contributed by atoms with Crippen molar-refractivity contribution in [2.24, 2.45) is 0 Å². The van der Waals surface area contributed by atoms with E-state index >= 15 is 0 Å². The third-order valence-electron chi connectivity index (χ3n) is 3.40. The van der Waals surface area contributed by atoms with Gasteiger partial charge in [0.1, 0.15) is 12.1 Å². The van der Waals surface area contributed by atoms with E-state index in [4.69, 9.17) is 0 Å². The molecule has 0 aromatic carbocycles. The van der Waals surface area contributed by atoms with Crippen molar-refractivity contribution in [3.63, 3.8) is 0 Å². The van der Waals surface area contributed by atoms with E-state index in [2.05, 4.69) is 50.7 Å². The molecule has 0 N–H and O–H groups in total. The van der Waals surface area contributed by atoms with E-state index in [0.29, 0.717) is 12.0 Å². The Bertz CT molecular complexity index is 363. The smallest absolute Gasteiger partial charge is 0.132 e. The number of anilines is 1. The Morgan fingerprint density at radius 3 is 2.71 bits per heavy atom. The number of alkyl halides is 1. The standard InChI is InChI=1S/C13H20BrN3/c1-10(2)12-8-13(16-9-15-12)17(7-6-14)11-4-3-5-11/h8-11H,3-7H2,1-2H3. The van der Waals surface area contributed by atoms with Gasteiger partial charge in [0, 0.05) is 29.7 Å². The Morgan fingerprint density at radius 2 is 2.18 bits per heavy atom. The Kier molecular flexibility index (Phi) is 4.37. The van der Waals surface area contributed by atoms with Crippen LogP contribution < -0.4 is 4.90 Å². The number of hydrogen-bond donors (Lipinski definition) is 0. The molecule has 94 valence electrons. The minimum absolute atomic E-state index is 0.462. The Hall–Kier alpha value is -0.640. The van der Waals surface area contributed by atoms with E-state index in [-0.39, 0.29) is 0 Å². The number of halogens is 1. The lowest BCUT2D eigenvalue weighted by Crippen LogP contribution is -2.42. The summed E-state index contributed by atoms with van der Waals surface area (Å²) in [7, 11) is 0. The zero-order valence-corrected chi connectivity index (χ0v) is 12.2. The zero-order chi connectivity index (χ0) is 12.3. The van der Waals surface area contributed by atoms with E-state index in [0.717, 1.165) is 23.4 Å². The van der Waals surface area contributed by atoms with E-state index in [1.807, 2.05) is 0 Å². The molecule has 1 fully saturated rings. The highest BCUT2D eigenvalue weighted by molar-refractivity contribution is 9.09. The third-order valence-corrected chi connectivity index (χ3v) is 3.76. The van der Waals surface area contributed by atoms with E-state index in [1.165, 1.54) is 19.3 Å². The molecule has 0 unspecified atom stereocenters. The first-order valence-electron chi connectivity index (χ1n) is 6.37. The first kappa shape index (κ1) is 12.8. The summed E-state index contributed by atoms with van der Waals surface area (Å²) >= 11 is 3.53. The van der Waals surface area contributed by atoms with Gasteiger partial charge in [-0.05, 0) is 25.2 Å². The van der Waals surface area contributed by atoms with Crippen LogP contribution in [-0.4, -0.2) is 27.9 Å². The van der Waals surface area contributed by atoms with Crippen molar-refractivity contribution >= 4 is 21.7 Å². The van der Waals surface area contributed by atoms with Gasteiger partial charge in [-0.25, -0.2) is 9.97 Å². The normalized spacial score (nSPS) is 16.0. The largest absolute Gasteiger partial charge is 0.353 e. The van der Waals surface area contributed by atoms with Crippen LogP contribution in [0.4, 0.5) is 5.82 Å². The Morgan fingerprint density at radius 1 is 1.41 bits per heavy atom. The van der Waals surface area contributed by atoms with Gasteiger partial charge in [0.05, 0.1) is 0 Å². The fraction of sp³-hybridized carbons (Fsp3) is 0.692. The van der Waals surface area contributed by atoms with Crippen LogP contribution in [0.25, 0.3) is 0 Å². The van der Waals surface area contributed by atoms with Crippen LogP contribution in [-0.2, 0) is 0 Å². The predicted molar refractivity (Wildman–Crippen MR) is 74.9 cm³/mol. The number of aromatic nitrogens is 2. The molecule has 3 nitrogen and oxygen atoms in total. The molecule has 0 spiro atoms. The van der Waals surface area contributed by atoms with Crippen LogP contribution in [0, 0.1) is 0 Å². The van der Waals surface area contributed by atoms with Crippen LogP contribution in [0.5, 0.6) is 0 Å². The van der Waals surface area contributed by atoms with Crippen molar-refractivity contribution in [1.82, 2.24) is 9.97 Å². The molecular formula is C13H20BrN3. The molecule has 4 heteroatoms. The fourth-order valence-electron chi connectivity index (χ4n) is 2.11. The summed E-state index contributed by atoms with van der Waals surface area (Å²) in [6, 6.07) is 2.83. The average Bonchev–Trinajstić information content (AvgIpc) is 2.26. The molecular weight excluding hydrogens is 278 g/mol. The van der Waals surface area contributed by atoms with Crippen LogP contribution in [0.2, 0.25) is 0 Å². The highest BCUT2D eigenvalue weighted by Gasteiger charge is 2.25. The molecule has 1 aromatic rings. The van der Waals surface area contributed by atoms with Gasteiger partial charge in [-0.15, -0.1) is 0 Å². The van der Waals surface area contributed by atoms with Crippen molar-refractivity contribution in [2.75, 3.05) is 16.8 Å². The van der Waals surface area contributed by atoms with Crippen molar-refractivity contribution in [1.29, 1.82) is 0 Å². The summed E-state index contributed by atoms with van der Waals surface area (Å²) in [6.07, 6.45) is 5.65.